The first-order valence-electron chi connectivity index (χ1n) is 6.53. The van der Waals surface area contributed by atoms with Crippen molar-refractivity contribution in [2.45, 2.75) is 31.7 Å². The van der Waals surface area contributed by atoms with Crippen LogP contribution in [-0.4, -0.2) is 29.3 Å². The molecule has 6 heteroatoms. The molecule has 2 N–H and O–H groups in total. The van der Waals surface area contributed by atoms with Gasteiger partial charge >= 0.3 is 0 Å². The number of primary amides is 1. The zero-order valence-electron chi connectivity index (χ0n) is 10.9. The van der Waals surface area contributed by atoms with E-state index in [1.54, 1.807) is 0 Å². The van der Waals surface area contributed by atoms with Gasteiger partial charge in [0.05, 0.1) is 0 Å². The Bertz CT molecular complexity index is 514. The quantitative estimate of drug-likeness (QED) is 0.919. The Morgan fingerprint density at radius 1 is 1.20 bits per heavy atom. The first kappa shape index (κ1) is 14.4. The second-order valence-electron chi connectivity index (χ2n) is 4.98. The molecule has 108 valence electrons. The highest BCUT2D eigenvalue weighted by molar-refractivity contribution is 5.94. The van der Waals surface area contributed by atoms with Crippen LogP contribution in [0.25, 0.3) is 0 Å². The summed E-state index contributed by atoms with van der Waals surface area (Å²) >= 11 is 0. The van der Waals surface area contributed by atoms with Crippen molar-refractivity contribution < 1.29 is 18.4 Å². The molecule has 0 bridgehead atoms. The van der Waals surface area contributed by atoms with E-state index in [1.807, 2.05) is 0 Å². The minimum Gasteiger partial charge on any atom is -0.370 e. The largest absolute Gasteiger partial charge is 0.370 e. The molecule has 1 atom stereocenters. The Hall–Kier alpha value is -1.98. The lowest BCUT2D eigenvalue weighted by molar-refractivity contribution is -0.119. The summed E-state index contributed by atoms with van der Waals surface area (Å²) in [7, 11) is 0. The van der Waals surface area contributed by atoms with E-state index in [9.17, 15) is 18.4 Å². The number of piperidine rings is 1. The molecule has 1 unspecified atom stereocenters. The number of hydrogen-bond acceptors (Lipinski definition) is 2. The molecule has 2 rings (SSSR count). The number of amides is 2. The molecular formula is C14H16F2N2O2. The molecule has 1 aromatic rings. The van der Waals surface area contributed by atoms with Crippen molar-refractivity contribution in [1.29, 1.82) is 0 Å². The molecule has 0 spiro atoms. The fourth-order valence-electron chi connectivity index (χ4n) is 2.56. The average molecular weight is 282 g/mol. The molecule has 20 heavy (non-hydrogen) atoms. The summed E-state index contributed by atoms with van der Waals surface area (Å²) < 4.78 is 26.4. The first-order chi connectivity index (χ1) is 9.47. The summed E-state index contributed by atoms with van der Waals surface area (Å²) in [6, 6.07) is 2.43. The van der Waals surface area contributed by atoms with Crippen molar-refractivity contribution in [3.63, 3.8) is 0 Å². The summed E-state index contributed by atoms with van der Waals surface area (Å²) in [5.74, 6) is -2.54. The standard InChI is InChI=1S/C14H16F2N2O2/c15-10-5-9(6-11(16)7-10)14(20)18-4-2-1-3-12(18)8-13(17)19/h5-7,12H,1-4,8H2,(H2,17,19). The van der Waals surface area contributed by atoms with E-state index < -0.39 is 23.4 Å². The predicted octanol–water partition coefficient (Wildman–Crippen LogP) is 1.83. The first-order valence-corrected chi connectivity index (χ1v) is 6.53. The third-order valence-electron chi connectivity index (χ3n) is 3.43. The lowest BCUT2D eigenvalue weighted by Crippen LogP contribution is -2.45. The Kier molecular flexibility index (Phi) is 4.32. The highest BCUT2D eigenvalue weighted by Crippen LogP contribution is 2.22. The fourth-order valence-corrected chi connectivity index (χ4v) is 2.56. The summed E-state index contributed by atoms with van der Waals surface area (Å²) in [5, 5.41) is 0. The lowest BCUT2D eigenvalue weighted by Gasteiger charge is -2.35. The van der Waals surface area contributed by atoms with Gasteiger partial charge < -0.3 is 10.6 Å². The van der Waals surface area contributed by atoms with Crippen molar-refractivity contribution in [3.05, 3.63) is 35.4 Å². The van der Waals surface area contributed by atoms with Gasteiger partial charge in [-0.3, -0.25) is 9.59 Å². The van der Waals surface area contributed by atoms with Gasteiger partial charge in [0.25, 0.3) is 5.91 Å². The van der Waals surface area contributed by atoms with E-state index in [2.05, 4.69) is 0 Å². The normalized spacial score (nSPS) is 18.9. The number of carbonyl (C=O) groups is 2. The monoisotopic (exact) mass is 282 g/mol. The van der Waals surface area contributed by atoms with Gasteiger partial charge in [0.15, 0.2) is 0 Å². The highest BCUT2D eigenvalue weighted by atomic mass is 19.1. The van der Waals surface area contributed by atoms with Crippen LogP contribution in [0.1, 0.15) is 36.0 Å². The Balaban J connectivity index is 2.22. The number of nitrogens with two attached hydrogens (primary N) is 1. The maximum Gasteiger partial charge on any atom is 0.254 e. The molecule has 2 amide bonds. The van der Waals surface area contributed by atoms with Crippen molar-refractivity contribution in [2.75, 3.05) is 6.54 Å². The van der Waals surface area contributed by atoms with Gasteiger partial charge in [0, 0.05) is 30.6 Å². The number of carbonyl (C=O) groups excluding carboxylic acids is 2. The number of benzene rings is 1. The molecule has 0 saturated carbocycles. The van der Waals surface area contributed by atoms with E-state index in [0.717, 1.165) is 25.0 Å². The van der Waals surface area contributed by atoms with Crippen LogP contribution in [0.5, 0.6) is 0 Å². The van der Waals surface area contributed by atoms with Crippen molar-refractivity contribution in [3.8, 4) is 0 Å². The van der Waals surface area contributed by atoms with E-state index in [0.29, 0.717) is 19.0 Å². The maximum atomic E-state index is 13.2. The SMILES string of the molecule is NC(=O)CC1CCCCN1C(=O)c1cc(F)cc(F)c1. The van der Waals surface area contributed by atoms with Crippen molar-refractivity contribution in [2.24, 2.45) is 5.73 Å². The van der Waals surface area contributed by atoms with Gasteiger partial charge in [-0.2, -0.15) is 0 Å². The second kappa shape index (κ2) is 5.98. The molecule has 0 aliphatic carbocycles. The molecule has 0 radical (unpaired) electrons. The fraction of sp³-hybridized carbons (Fsp3) is 0.429. The Morgan fingerprint density at radius 3 is 2.45 bits per heavy atom. The third-order valence-corrected chi connectivity index (χ3v) is 3.43. The lowest BCUT2D eigenvalue weighted by atomic mass is 9.98. The van der Waals surface area contributed by atoms with Crippen LogP contribution in [0.4, 0.5) is 8.78 Å². The molecule has 1 aromatic carbocycles. The average Bonchev–Trinajstić information content (AvgIpc) is 2.36. The summed E-state index contributed by atoms with van der Waals surface area (Å²) in [6.07, 6.45) is 2.45. The number of hydrogen-bond donors (Lipinski definition) is 1. The Labute approximate surface area is 115 Å². The second-order valence-corrected chi connectivity index (χ2v) is 4.98. The summed E-state index contributed by atoms with van der Waals surface area (Å²) in [6.45, 7) is 0.467. The van der Waals surface area contributed by atoms with Gasteiger partial charge in [0.1, 0.15) is 11.6 Å². The molecule has 1 aliphatic heterocycles. The zero-order chi connectivity index (χ0) is 14.7. The molecular weight excluding hydrogens is 266 g/mol. The third kappa shape index (κ3) is 3.31. The van der Waals surface area contributed by atoms with Gasteiger partial charge in [-0.15, -0.1) is 0 Å². The number of nitrogens with zero attached hydrogens (tertiary/aromatic N) is 1. The number of halogens is 2. The molecule has 0 aromatic heterocycles. The molecule has 1 heterocycles. The van der Waals surface area contributed by atoms with Crippen LogP contribution in [0.2, 0.25) is 0 Å². The van der Waals surface area contributed by atoms with Crippen LogP contribution in [0.3, 0.4) is 0 Å². The zero-order valence-corrected chi connectivity index (χ0v) is 10.9. The van der Waals surface area contributed by atoms with Crippen LogP contribution in [0, 0.1) is 11.6 Å². The van der Waals surface area contributed by atoms with E-state index >= 15 is 0 Å². The summed E-state index contributed by atoms with van der Waals surface area (Å²) in [5.41, 5.74) is 5.13. The van der Waals surface area contributed by atoms with Crippen LogP contribution in [-0.2, 0) is 4.79 Å². The summed E-state index contributed by atoms with van der Waals surface area (Å²) in [4.78, 5) is 24.9. The molecule has 1 fully saturated rings. The molecule has 1 aliphatic rings. The van der Waals surface area contributed by atoms with Crippen LogP contribution in [0.15, 0.2) is 18.2 Å². The topological polar surface area (TPSA) is 63.4 Å². The molecule has 1 saturated heterocycles. The van der Waals surface area contributed by atoms with Gasteiger partial charge in [-0.1, -0.05) is 0 Å². The number of likely N-dealkylation sites (tertiary alicyclic amines) is 1. The van der Waals surface area contributed by atoms with Gasteiger partial charge in [-0.05, 0) is 31.4 Å². The molecule has 4 nitrogen and oxygen atoms in total. The minimum absolute atomic E-state index is 0.0427. The predicted molar refractivity (Wildman–Crippen MR) is 68.8 cm³/mol. The van der Waals surface area contributed by atoms with Crippen molar-refractivity contribution >= 4 is 11.8 Å². The van der Waals surface area contributed by atoms with Crippen LogP contribution >= 0.6 is 0 Å². The smallest absolute Gasteiger partial charge is 0.254 e. The maximum absolute atomic E-state index is 13.2. The minimum atomic E-state index is -0.795. The Morgan fingerprint density at radius 2 is 1.85 bits per heavy atom. The number of rotatable bonds is 3. The van der Waals surface area contributed by atoms with E-state index in [1.165, 1.54) is 4.90 Å². The van der Waals surface area contributed by atoms with Crippen LogP contribution < -0.4 is 5.73 Å². The van der Waals surface area contributed by atoms with Crippen molar-refractivity contribution in [1.82, 2.24) is 4.90 Å². The van der Waals surface area contributed by atoms with E-state index in [-0.39, 0.29) is 18.0 Å². The van der Waals surface area contributed by atoms with Gasteiger partial charge in [-0.25, -0.2) is 8.78 Å². The van der Waals surface area contributed by atoms with E-state index in [4.69, 9.17) is 5.73 Å². The van der Waals surface area contributed by atoms with Gasteiger partial charge in [0.2, 0.25) is 5.91 Å². The highest BCUT2D eigenvalue weighted by Gasteiger charge is 2.29.